The molecule has 1 atom stereocenters. The summed E-state index contributed by atoms with van der Waals surface area (Å²) in [5.41, 5.74) is 1.88. The molecule has 2 aliphatic heterocycles. The number of benzene rings is 2. The third kappa shape index (κ3) is 9.27. The topological polar surface area (TPSA) is 103 Å². The van der Waals surface area contributed by atoms with Gasteiger partial charge in [0.2, 0.25) is 15.9 Å². The second-order valence-corrected chi connectivity index (χ2v) is 15.4. The zero-order valence-electron chi connectivity index (χ0n) is 26.1. The van der Waals surface area contributed by atoms with Crippen LogP contribution in [0.5, 0.6) is 0 Å². The number of sulfonamides is 1. The minimum Gasteiger partial charge on any atom is -0.399 e. The Morgan fingerprint density at radius 1 is 1.02 bits per heavy atom. The van der Waals surface area contributed by atoms with Crippen molar-refractivity contribution in [2.24, 2.45) is 5.16 Å². The number of likely N-dealkylation sites (tertiary alicyclic amines) is 1. The van der Waals surface area contributed by atoms with Crippen molar-refractivity contribution in [3.05, 3.63) is 67.6 Å². The number of oxime groups is 1. The fraction of sp³-hybridized carbons (Fsp3) is 0.516. The molecule has 1 unspecified atom stereocenters. The molecule has 0 spiro atoms. The smallest absolute Gasteiger partial charge is 0.254 e. The summed E-state index contributed by atoms with van der Waals surface area (Å²) in [4.78, 5) is 37.2. The maximum absolute atomic E-state index is 13.3. The van der Waals surface area contributed by atoms with Crippen LogP contribution in [0.1, 0.15) is 48.0 Å². The quantitative estimate of drug-likeness (QED) is 0.211. The fourth-order valence-corrected chi connectivity index (χ4v) is 7.89. The molecule has 0 bridgehead atoms. The van der Waals surface area contributed by atoms with Crippen molar-refractivity contribution < 1.29 is 22.8 Å². The van der Waals surface area contributed by atoms with Gasteiger partial charge < -0.3 is 19.5 Å². The third-order valence-corrected chi connectivity index (χ3v) is 11.5. The number of carbonyl (C=O) groups is 2. The largest absolute Gasteiger partial charge is 0.399 e. The normalized spacial score (nSPS) is 18.1. The van der Waals surface area contributed by atoms with Gasteiger partial charge in [0.1, 0.15) is 7.11 Å². The number of hydrogen-bond acceptors (Lipinski definition) is 7. The van der Waals surface area contributed by atoms with E-state index in [1.807, 2.05) is 17.0 Å². The van der Waals surface area contributed by atoms with Crippen LogP contribution in [-0.2, 0) is 19.7 Å². The molecular weight excluding hydrogens is 696 g/mol. The van der Waals surface area contributed by atoms with Gasteiger partial charge in [-0.25, -0.2) is 8.42 Å². The molecule has 0 aliphatic carbocycles. The number of piperidine rings is 1. The van der Waals surface area contributed by atoms with Crippen molar-refractivity contribution in [3.8, 4) is 0 Å². The predicted molar refractivity (Wildman–Crippen MR) is 184 cm³/mol. The van der Waals surface area contributed by atoms with Crippen LogP contribution in [0.2, 0.25) is 20.1 Å². The summed E-state index contributed by atoms with van der Waals surface area (Å²) in [6.45, 7) is 4.69. The zero-order valence-corrected chi connectivity index (χ0v) is 29.9. The molecule has 2 aromatic rings. The molecule has 2 fully saturated rings. The average molecular weight is 736 g/mol. The highest BCUT2D eigenvalue weighted by molar-refractivity contribution is 7.89. The first-order valence-electron chi connectivity index (χ1n) is 15.1. The number of piperazine rings is 1. The van der Waals surface area contributed by atoms with Gasteiger partial charge in [0.05, 0.1) is 34.6 Å². The van der Waals surface area contributed by atoms with Crippen molar-refractivity contribution in [1.82, 2.24) is 19.0 Å². The molecule has 2 saturated heterocycles. The van der Waals surface area contributed by atoms with Crippen LogP contribution in [-0.4, -0.2) is 117 Å². The van der Waals surface area contributed by atoms with Crippen LogP contribution in [0, 0.1) is 0 Å². The Labute approximate surface area is 291 Å². The lowest BCUT2D eigenvalue weighted by molar-refractivity contribution is -0.137. The summed E-state index contributed by atoms with van der Waals surface area (Å²) in [6, 6.07) is 10.2. The number of amides is 2. The molecule has 2 heterocycles. The van der Waals surface area contributed by atoms with Crippen molar-refractivity contribution in [3.63, 3.8) is 0 Å². The summed E-state index contributed by atoms with van der Waals surface area (Å²) in [7, 11) is -0.247. The van der Waals surface area contributed by atoms with E-state index < -0.39 is 10.0 Å². The maximum Gasteiger partial charge on any atom is 0.254 e. The van der Waals surface area contributed by atoms with Gasteiger partial charge in [-0.1, -0.05) is 57.6 Å². The third-order valence-electron chi connectivity index (χ3n) is 8.52. The van der Waals surface area contributed by atoms with Gasteiger partial charge in [-0.3, -0.25) is 9.59 Å². The fourth-order valence-electron chi connectivity index (χ4n) is 6.02. The van der Waals surface area contributed by atoms with E-state index in [-0.39, 0.29) is 42.6 Å². The van der Waals surface area contributed by atoms with Crippen molar-refractivity contribution in [1.29, 1.82) is 0 Å². The van der Waals surface area contributed by atoms with E-state index in [0.29, 0.717) is 50.9 Å². The maximum atomic E-state index is 13.3. The highest BCUT2D eigenvalue weighted by Crippen LogP contribution is 2.31. The van der Waals surface area contributed by atoms with Crippen LogP contribution in [0.4, 0.5) is 0 Å². The molecule has 0 saturated carbocycles. The Balaban J connectivity index is 1.44. The molecule has 0 radical (unpaired) electrons. The van der Waals surface area contributed by atoms with E-state index in [2.05, 4.69) is 10.1 Å². The number of rotatable bonds is 12. The van der Waals surface area contributed by atoms with Crippen molar-refractivity contribution in [2.45, 2.75) is 38.1 Å². The molecule has 252 valence electrons. The van der Waals surface area contributed by atoms with Crippen LogP contribution in [0.15, 0.2) is 41.6 Å². The molecule has 2 amide bonds. The number of carbonyl (C=O) groups excluding carboxylic acids is 2. The summed E-state index contributed by atoms with van der Waals surface area (Å²) in [6.07, 6.45) is 2.24. The van der Waals surface area contributed by atoms with Crippen molar-refractivity contribution >= 4 is 74.0 Å². The number of nitrogens with zero attached hydrogens (tertiary/aromatic N) is 5. The molecule has 15 heteroatoms. The first kappa shape index (κ1) is 36.7. The average Bonchev–Trinajstić information content (AvgIpc) is 3.02. The Hall–Kier alpha value is -2.12. The van der Waals surface area contributed by atoms with E-state index in [4.69, 9.17) is 51.2 Å². The molecule has 46 heavy (non-hydrogen) atoms. The zero-order chi connectivity index (χ0) is 33.6. The predicted octanol–water partition coefficient (Wildman–Crippen LogP) is 5.51. The summed E-state index contributed by atoms with van der Waals surface area (Å²) in [5, 5.41) is 5.94. The SMILES string of the molecule is CCS(=O)(=O)N1CCN(C2CCN(CCC(/C(CN(C)C(=O)c3cc(Cl)cc(Cl)c3)=N/OC)c3ccc(Cl)c(Cl)c3)CC2)C(=O)C1. The van der Waals surface area contributed by atoms with Gasteiger partial charge in [-0.2, -0.15) is 4.31 Å². The number of hydrogen-bond donors (Lipinski definition) is 0. The van der Waals surface area contributed by atoms with E-state index >= 15 is 0 Å². The highest BCUT2D eigenvalue weighted by Gasteiger charge is 2.35. The Morgan fingerprint density at radius 3 is 2.28 bits per heavy atom. The summed E-state index contributed by atoms with van der Waals surface area (Å²) in [5.74, 6) is -0.672. The molecule has 4 rings (SSSR count). The van der Waals surface area contributed by atoms with Crippen LogP contribution in [0.3, 0.4) is 0 Å². The minimum atomic E-state index is -3.39. The van der Waals surface area contributed by atoms with Crippen LogP contribution in [0.25, 0.3) is 0 Å². The second kappa shape index (κ2) is 16.3. The van der Waals surface area contributed by atoms with E-state index in [1.54, 1.807) is 43.1 Å². The van der Waals surface area contributed by atoms with E-state index in [0.717, 1.165) is 38.0 Å². The van der Waals surface area contributed by atoms with Gasteiger partial charge in [-0.15, -0.1) is 0 Å². The summed E-state index contributed by atoms with van der Waals surface area (Å²) < 4.78 is 25.8. The standard InChI is InChI=1S/C31H39Cl4N5O5S/c1-4-46(43,44)39-13-14-40(30(41)20-39)25-7-10-38(11-8-25)12-9-26(21-5-6-27(34)28(35)17-21)29(36-45-3)19-37(2)31(42)22-15-23(32)18-24(33)16-22/h5-6,15-18,25-26H,4,7-14,19-20H2,1-3H3/b36-29+. The monoisotopic (exact) mass is 733 g/mol. The molecule has 2 aliphatic rings. The highest BCUT2D eigenvalue weighted by atomic mass is 35.5. The summed E-state index contributed by atoms with van der Waals surface area (Å²) >= 11 is 25.0. The van der Waals surface area contributed by atoms with Crippen LogP contribution < -0.4 is 0 Å². The second-order valence-electron chi connectivity index (χ2n) is 11.5. The lowest BCUT2D eigenvalue weighted by atomic mass is 9.89. The lowest BCUT2D eigenvalue weighted by Gasteiger charge is -2.42. The Kier molecular flexibility index (Phi) is 13.0. The van der Waals surface area contributed by atoms with Gasteiger partial charge in [0.15, 0.2) is 0 Å². The molecule has 10 nitrogen and oxygen atoms in total. The van der Waals surface area contributed by atoms with Gasteiger partial charge >= 0.3 is 0 Å². The van der Waals surface area contributed by atoms with Gasteiger partial charge in [0, 0.05) is 60.8 Å². The van der Waals surface area contributed by atoms with Gasteiger partial charge in [0.25, 0.3) is 5.91 Å². The van der Waals surface area contributed by atoms with E-state index in [1.165, 1.54) is 11.4 Å². The molecular formula is C31H39Cl4N5O5S. The first-order chi connectivity index (χ1) is 21.8. The van der Waals surface area contributed by atoms with E-state index in [9.17, 15) is 18.0 Å². The lowest BCUT2D eigenvalue weighted by Crippen LogP contribution is -2.57. The first-order valence-corrected chi connectivity index (χ1v) is 18.2. The Morgan fingerprint density at radius 2 is 1.70 bits per heavy atom. The molecule has 2 aromatic carbocycles. The van der Waals surface area contributed by atoms with Crippen LogP contribution >= 0.6 is 46.4 Å². The molecule has 0 N–H and O–H groups in total. The van der Waals surface area contributed by atoms with Crippen molar-refractivity contribution in [2.75, 3.05) is 65.7 Å². The molecule has 0 aromatic heterocycles. The minimum absolute atomic E-state index is 0.0118. The Bertz CT molecular complexity index is 1530. The van der Waals surface area contributed by atoms with Gasteiger partial charge in [-0.05, 0) is 68.6 Å². The number of halogens is 4.